The lowest BCUT2D eigenvalue weighted by molar-refractivity contribution is 0.102. The topological polar surface area (TPSA) is 80.5 Å². The van der Waals surface area contributed by atoms with E-state index < -0.39 is 10.0 Å². The SMILES string of the molecule is CN(c1ccc(C(=O)CSc2nc(-c3ccccc3)c(-c3ccccc3)o2)cc1)S(C)(=O)=O. The molecule has 4 rings (SSSR count). The third-order valence-corrected chi connectivity index (χ3v) is 7.10. The van der Waals surface area contributed by atoms with Crippen molar-refractivity contribution in [1.29, 1.82) is 0 Å². The van der Waals surface area contributed by atoms with E-state index in [1.54, 1.807) is 24.3 Å². The molecule has 1 aromatic heterocycles. The van der Waals surface area contributed by atoms with Crippen LogP contribution in [0.25, 0.3) is 22.6 Å². The first kappa shape index (κ1) is 22.8. The summed E-state index contributed by atoms with van der Waals surface area (Å²) in [6, 6.07) is 26.0. The molecule has 0 aliphatic rings. The second-order valence-electron chi connectivity index (χ2n) is 7.38. The van der Waals surface area contributed by atoms with Crippen molar-refractivity contribution in [2.24, 2.45) is 0 Å². The molecule has 0 aliphatic carbocycles. The second kappa shape index (κ2) is 9.64. The maximum atomic E-state index is 12.7. The minimum Gasteiger partial charge on any atom is -0.431 e. The van der Waals surface area contributed by atoms with Gasteiger partial charge in [-0.3, -0.25) is 9.10 Å². The maximum Gasteiger partial charge on any atom is 0.257 e. The summed E-state index contributed by atoms with van der Waals surface area (Å²) in [7, 11) is -1.89. The van der Waals surface area contributed by atoms with E-state index in [9.17, 15) is 13.2 Å². The zero-order valence-electron chi connectivity index (χ0n) is 18.1. The molecule has 168 valence electrons. The smallest absolute Gasteiger partial charge is 0.257 e. The van der Waals surface area contributed by atoms with Gasteiger partial charge in [-0.1, -0.05) is 72.4 Å². The molecule has 33 heavy (non-hydrogen) atoms. The van der Waals surface area contributed by atoms with Gasteiger partial charge < -0.3 is 4.42 Å². The van der Waals surface area contributed by atoms with Crippen LogP contribution in [0.5, 0.6) is 0 Å². The van der Waals surface area contributed by atoms with Gasteiger partial charge in [-0.25, -0.2) is 13.4 Å². The predicted molar refractivity (Wildman–Crippen MR) is 132 cm³/mol. The number of nitrogens with zero attached hydrogens (tertiary/aromatic N) is 2. The maximum absolute atomic E-state index is 12.7. The monoisotopic (exact) mass is 478 g/mol. The molecule has 0 saturated heterocycles. The normalized spacial score (nSPS) is 11.3. The minimum atomic E-state index is -3.36. The highest BCUT2D eigenvalue weighted by atomic mass is 32.2. The number of carbonyl (C=O) groups is 1. The third kappa shape index (κ3) is 5.35. The Morgan fingerprint density at radius 1 is 0.909 bits per heavy atom. The van der Waals surface area contributed by atoms with Gasteiger partial charge in [0.25, 0.3) is 5.22 Å². The number of hydrogen-bond donors (Lipinski definition) is 0. The van der Waals surface area contributed by atoms with Crippen molar-refractivity contribution in [3.63, 3.8) is 0 Å². The molecule has 0 fully saturated rings. The molecule has 0 aliphatic heterocycles. The highest BCUT2D eigenvalue weighted by molar-refractivity contribution is 7.99. The molecule has 0 radical (unpaired) electrons. The van der Waals surface area contributed by atoms with Gasteiger partial charge in [0.05, 0.1) is 17.7 Å². The molecule has 0 spiro atoms. The first-order chi connectivity index (χ1) is 15.8. The summed E-state index contributed by atoms with van der Waals surface area (Å²) < 4.78 is 30.6. The van der Waals surface area contributed by atoms with Crippen molar-refractivity contribution in [1.82, 2.24) is 4.98 Å². The molecule has 0 N–H and O–H groups in total. The predicted octanol–water partition coefficient (Wildman–Crippen LogP) is 5.38. The number of carbonyl (C=O) groups excluding carboxylic acids is 1. The average molecular weight is 479 g/mol. The number of rotatable bonds is 8. The fraction of sp³-hybridized carbons (Fsp3) is 0.120. The number of oxazole rings is 1. The standard InChI is InChI=1S/C25H22N2O4S2/c1-27(33(2,29)30)21-15-13-18(14-16-21)22(28)17-32-25-26-23(19-9-5-3-6-10-19)24(31-25)20-11-7-4-8-12-20/h3-16H,17H2,1-2H3. The Morgan fingerprint density at radius 2 is 1.48 bits per heavy atom. The van der Waals surface area contributed by atoms with E-state index in [0.29, 0.717) is 22.2 Å². The van der Waals surface area contributed by atoms with Crippen molar-refractivity contribution in [2.45, 2.75) is 5.22 Å². The quantitative estimate of drug-likeness (QED) is 0.250. The van der Waals surface area contributed by atoms with Crippen molar-refractivity contribution in [3.8, 4) is 22.6 Å². The van der Waals surface area contributed by atoms with Crippen LogP contribution in [0.1, 0.15) is 10.4 Å². The van der Waals surface area contributed by atoms with Gasteiger partial charge in [-0.15, -0.1) is 0 Å². The summed E-state index contributed by atoms with van der Waals surface area (Å²) in [6.07, 6.45) is 1.13. The molecule has 0 unspecified atom stereocenters. The van der Waals surface area contributed by atoms with E-state index in [2.05, 4.69) is 4.98 Å². The molecule has 0 bridgehead atoms. The number of benzene rings is 3. The summed E-state index contributed by atoms with van der Waals surface area (Å²) in [5.74, 6) is 0.698. The molecular weight excluding hydrogens is 456 g/mol. The Labute approximate surface area is 197 Å². The van der Waals surface area contributed by atoms with Crippen LogP contribution in [0.4, 0.5) is 5.69 Å². The van der Waals surface area contributed by atoms with Gasteiger partial charge >= 0.3 is 0 Å². The van der Waals surface area contributed by atoms with Crippen LogP contribution >= 0.6 is 11.8 Å². The Bertz CT molecular complexity index is 1290. The lowest BCUT2D eigenvalue weighted by Crippen LogP contribution is -2.24. The van der Waals surface area contributed by atoms with Gasteiger partial charge in [-0.05, 0) is 24.3 Å². The van der Waals surface area contributed by atoms with Crippen LogP contribution in [0.15, 0.2) is 94.6 Å². The molecule has 8 heteroatoms. The fourth-order valence-corrected chi connectivity index (χ4v) is 4.42. The Hall–Kier alpha value is -3.36. The lowest BCUT2D eigenvalue weighted by atomic mass is 10.1. The number of Topliss-reactive ketones (excluding diaryl/α,β-unsaturated/α-hetero) is 1. The molecule has 4 aromatic rings. The van der Waals surface area contributed by atoms with Crippen LogP contribution < -0.4 is 4.31 Å². The van der Waals surface area contributed by atoms with Crippen LogP contribution in [0, 0.1) is 0 Å². The number of aromatic nitrogens is 1. The van der Waals surface area contributed by atoms with Crippen molar-refractivity contribution in [3.05, 3.63) is 90.5 Å². The van der Waals surface area contributed by atoms with Crippen LogP contribution in [0.2, 0.25) is 0 Å². The zero-order chi connectivity index (χ0) is 23.4. The van der Waals surface area contributed by atoms with Crippen LogP contribution in [-0.4, -0.2) is 38.2 Å². The number of thioether (sulfide) groups is 1. The number of sulfonamides is 1. The Kier molecular flexibility index (Phi) is 6.67. The largest absolute Gasteiger partial charge is 0.431 e. The molecule has 0 amide bonds. The number of ketones is 1. The average Bonchev–Trinajstić information content (AvgIpc) is 3.27. The van der Waals surface area contributed by atoms with E-state index in [4.69, 9.17) is 4.42 Å². The summed E-state index contributed by atoms with van der Waals surface area (Å²) in [4.78, 5) is 17.4. The van der Waals surface area contributed by atoms with E-state index in [1.165, 1.54) is 23.1 Å². The third-order valence-electron chi connectivity index (χ3n) is 5.07. The summed E-state index contributed by atoms with van der Waals surface area (Å²) in [6.45, 7) is 0. The zero-order valence-corrected chi connectivity index (χ0v) is 19.8. The van der Waals surface area contributed by atoms with Crippen LogP contribution in [0.3, 0.4) is 0 Å². The molecule has 6 nitrogen and oxygen atoms in total. The summed E-state index contributed by atoms with van der Waals surface area (Å²) in [5.41, 5.74) is 3.56. The number of hydrogen-bond acceptors (Lipinski definition) is 6. The summed E-state index contributed by atoms with van der Waals surface area (Å²) in [5, 5.41) is 0.412. The van der Waals surface area contributed by atoms with Gasteiger partial charge in [0.2, 0.25) is 10.0 Å². The van der Waals surface area contributed by atoms with E-state index in [-0.39, 0.29) is 11.5 Å². The number of anilines is 1. The molecule has 0 atom stereocenters. The highest BCUT2D eigenvalue weighted by Crippen LogP contribution is 2.35. The highest BCUT2D eigenvalue weighted by Gasteiger charge is 2.19. The first-order valence-corrected chi connectivity index (χ1v) is 13.0. The Balaban J connectivity index is 1.53. The first-order valence-electron chi connectivity index (χ1n) is 10.1. The molecule has 0 saturated carbocycles. The molecule has 1 heterocycles. The second-order valence-corrected chi connectivity index (χ2v) is 10.3. The minimum absolute atomic E-state index is 0.103. The van der Waals surface area contributed by atoms with Crippen molar-refractivity contribution >= 4 is 33.3 Å². The molecule has 3 aromatic carbocycles. The molecular formula is C25H22N2O4S2. The van der Waals surface area contributed by atoms with Crippen molar-refractivity contribution < 1.29 is 17.6 Å². The van der Waals surface area contributed by atoms with Crippen LogP contribution in [-0.2, 0) is 10.0 Å². The van der Waals surface area contributed by atoms with Gasteiger partial charge in [0, 0.05) is 23.7 Å². The fourth-order valence-electron chi connectivity index (χ4n) is 3.20. The van der Waals surface area contributed by atoms with E-state index in [0.717, 1.165) is 23.1 Å². The van der Waals surface area contributed by atoms with Gasteiger partial charge in [0.15, 0.2) is 11.5 Å². The van der Waals surface area contributed by atoms with Gasteiger partial charge in [0.1, 0.15) is 5.69 Å². The van der Waals surface area contributed by atoms with Crippen molar-refractivity contribution in [2.75, 3.05) is 23.4 Å². The van der Waals surface area contributed by atoms with Gasteiger partial charge in [-0.2, -0.15) is 0 Å². The van der Waals surface area contributed by atoms with E-state index >= 15 is 0 Å². The lowest BCUT2D eigenvalue weighted by Gasteiger charge is -2.16. The summed E-state index contributed by atoms with van der Waals surface area (Å²) >= 11 is 1.23. The van der Waals surface area contributed by atoms with E-state index in [1.807, 2.05) is 60.7 Å². The Morgan fingerprint density at radius 3 is 2.06 bits per heavy atom.